The van der Waals surface area contributed by atoms with Gasteiger partial charge in [0.1, 0.15) is 11.5 Å². The number of anilines is 2. The van der Waals surface area contributed by atoms with E-state index in [2.05, 4.69) is 10.0 Å². The third-order valence-electron chi connectivity index (χ3n) is 2.75. The molecular formula is C15H18N2O4S. The highest BCUT2D eigenvalue weighted by molar-refractivity contribution is 7.92. The fourth-order valence-electron chi connectivity index (χ4n) is 1.82. The van der Waals surface area contributed by atoms with E-state index >= 15 is 0 Å². The van der Waals surface area contributed by atoms with E-state index in [0.29, 0.717) is 18.0 Å². The Morgan fingerprint density at radius 3 is 2.77 bits per heavy atom. The van der Waals surface area contributed by atoms with Gasteiger partial charge in [0.15, 0.2) is 0 Å². The predicted molar refractivity (Wildman–Crippen MR) is 87.7 cm³/mol. The van der Waals surface area contributed by atoms with Gasteiger partial charge >= 0.3 is 0 Å². The van der Waals surface area contributed by atoms with Gasteiger partial charge in [0.05, 0.1) is 25.3 Å². The molecule has 0 aliphatic heterocycles. The lowest BCUT2D eigenvalue weighted by Crippen LogP contribution is -2.10. The molecule has 0 radical (unpaired) electrons. The van der Waals surface area contributed by atoms with Gasteiger partial charge in [0.25, 0.3) is 0 Å². The van der Waals surface area contributed by atoms with E-state index in [-0.39, 0.29) is 0 Å². The molecule has 22 heavy (non-hydrogen) atoms. The number of hydrogen-bond acceptors (Lipinski definition) is 5. The van der Waals surface area contributed by atoms with Crippen LogP contribution < -0.4 is 14.8 Å². The summed E-state index contributed by atoms with van der Waals surface area (Å²) in [6.07, 6.45) is 6.50. The maximum absolute atomic E-state index is 11.3. The third-order valence-corrected chi connectivity index (χ3v) is 3.34. The average Bonchev–Trinajstić information content (AvgIpc) is 2.96. The van der Waals surface area contributed by atoms with E-state index in [1.54, 1.807) is 24.5 Å². The molecule has 2 aromatic rings. The van der Waals surface area contributed by atoms with Crippen LogP contribution in [0.2, 0.25) is 0 Å². The van der Waals surface area contributed by atoms with Crippen molar-refractivity contribution in [2.24, 2.45) is 0 Å². The fourth-order valence-corrected chi connectivity index (χ4v) is 2.39. The molecule has 0 fully saturated rings. The monoisotopic (exact) mass is 322 g/mol. The largest absolute Gasteiger partial charge is 0.494 e. The van der Waals surface area contributed by atoms with E-state index in [0.717, 1.165) is 17.7 Å². The first-order valence-corrected chi connectivity index (χ1v) is 8.47. The Balaban J connectivity index is 2.00. The summed E-state index contributed by atoms with van der Waals surface area (Å²) in [6, 6.07) is 8.85. The lowest BCUT2D eigenvalue weighted by atomic mass is 10.2. The number of benzene rings is 1. The van der Waals surface area contributed by atoms with Crippen LogP contribution in [0.4, 0.5) is 11.4 Å². The molecule has 2 rings (SSSR count). The molecule has 0 spiro atoms. The highest BCUT2D eigenvalue weighted by atomic mass is 32.2. The summed E-state index contributed by atoms with van der Waals surface area (Å²) in [5, 5.41) is 3.19. The standard InChI is InChI=1S/C15H18N2O4S/c1-20-15-11-12(7-8-14(15)17-22(2,18)19)16-9-3-5-13-6-4-10-21-13/h3-8,10-11,16-17H,9H2,1-2H3/b5-3+. The second-order valence-electron chi connectivity index (χ2n) is 4.59. The number of hydrogen-bond donors (Lipinski definition) is 2. The Hall–Kier alpha value is -2.41. The molecule has 0 bridgehead atoms. The Bertz CT molecular complexity index is 737. The molecule has 0 saturated heterocycles. The number of rotatable bonds is 7. The SMILES string of the molecule is COc1cc(NC/C=C/c2ccco2)ccc1NS(C)(=O)=O. The number of furan rings is 1. The van der Waals surface area contributed by atoms with Crippen molar-refractivity contribution in [1.82, 2.24) is 0 Å². The zero-order valence-electron chi connectivity index (χ0n) is 12.4. The van der Waals surface area contributed by atoms with Gasteiger partial charge in [-0.3, -0.25) is 4.72 Å². The number of methoxy groups -OCH3 is 1. The van der Waals surface area contributed by atoms with Gasteiger partial charge in [-0.1, -0.05) is 6.08 Å². The zero-order chi connectivity index (χ0) is 16.0. The number of ether oxygens (including phenoxy) is 1. The maximum Gasteiger partial charge on any atom is 0.229 e. The quantitative estimate of drug-likeness (QED) is 0.819. The first-order chi connectivity index (χ1) is 10.5. The van der Waals surface area contributed by atoms with Gasteiger partial charge < -0.3 is 14.5 Å². The van der Waals surface area contributed by atoms with Crippen LogP contribution in [-0.4, -0.2) is 28.3 Å². The second-order valence-corrected chi connectivity index (χ2v) is 6.34. The Labute approximate surface area is 129 Å². The first kappa shape index (κ1) is 16.0. The van der Waals surface area contributed by atoms with Gasteiger partial charge in [0, 0.05) is 18.3 Å². The van der Waals surface area contributed by atoms with Crippen molar-refractivity contribution in [3.63, 3.8) is 0 Å². The Morgan fingerprint density at radius 2 is 2.14 bits per heavy atom. The van der Waals surface area contributed by atoms with Gasteiger partial charge in [-0.05, 0) is 30.3 Å². The molecule has 0 aliphatic rings. The van der Waals surface area contributed by atoms with Crippen molar-refractivity contribution in [1.29, 1.82) is 0 Å². The topological polar surface area (TPSA) is 80.6 Å². The van der Waals surface area contributed by atoms with Crippen LogP contribution in [0.5, 0.6) is 5.75 Å². The van der Waals surface area contributed by atoms with Crippen molar-refractivity contribution in [3.8, 4) is 5.75 Å². The van der Waals surface area contributed by atoms with E-state index in [4.69, 9.17) is 9.15 Å². The summed E-state index contributed by atoms with van der Waals surface area (Å²) in [4.78, 5) is 0. The molecule has 0 amide bonds. The molecular weight excluding hydrogens is 304 g/mol. The molecule has 7 heteroatoms. The van der Waals surface area contributed by atoms with Gasteiger partial charge in [0.2, 0.25) is 10.0 Å². The lowest BCUT2D eigenvalue weighted by molar-refractivity contribution is 0.417. The lowest BCUT2D eigenvalue weighted by Gasteiger charge is -2.12. The van der Waals surface area contributed by atoms with Crippen LogP contribution in [0, 0.1) is 0 Å². The van der Waals surface area contributed by atoms with E-state index in [1.165, 1.54) is 7.11 Å². The summed E-state index contributed by atoms with van der Waals surface area (Å²) >= 11 is 0. The summed E-state index contributed by atoms with van der Waals surface area (Å²) in [5.74, 6) is 1.23. The van der Waals surface area contributed by atoms with E-state index < -0.39 is 10.0 Å². The highest BCUT2D eigenvalue weighted by Gasteiger charge is 2.08. The van der Waals surface area contributed by atoms with Crippen LogP contribution in [0.15, 0.2) is 47.1 Å². The second kappa shape index (κ2) is 7.04. The molecule has 0 aliphatic carbocycles. The van der Waals surface area contributed by atoms with Crippen LogP contribution >= 0.6 is 0 Å². The first-order valence-electron chi connectivity index (χ1n) is 6.58. The maximum atomic E-state index is 11.3. The Kier molecular flexibility index (Phi) is 5.11. The van der Waals surface area contributed by atoms with Crippen molar-refractivity contribution in [3.05, 3.63) is 48.4 Å². The summed E-state index contributed by atoms with van der Waals surface area (Å²) < 4.78 is 35.3. The summed E-state index contributed by atoms with van der Waals surface area (Å²) in [5.41, 5.74) is 1.22. The minimum absolute atomic E-state index is 0.404. The molecule has 1 aromatic carbocycles. The molecule has 2 N–H and O–H groups in total. The van der Waals surface area contributed by atoms with E-state index in [9.17, 15) is 8.42 Å². The van der Waals surface area contributed by atoms with Gasteiger partial charge in [-0.2, -0.15) is 0 Å². The third kappa shape index (κ3) is 4.85. The molecule has 1 aromatic heterocycles. The van der Waals surface area contributed by atoms with E-state index in [1.807, 2.05) is 24.3 Å². The Morgan fingerprint density at radius 1 is 1.32 bits per heavy atom. The summed E-state index contributed by atoms with van der Waals surface area (Å²) in [6.45, 7) is 0.600. The van der Waals surface area contributed by atoms with Crippen molar-refractivity contribution in [2.75, 3.05) is 29.9 Å². The number of sulfonamides is 1. The zero-order valence-corrected chi connectivity index (χ0v) is 13.2. The van der Waals surface area contributed by atoms with Crippen molar-refractivity contribution < 1.29 is 17.6 Å². The molecule has 118 valence electrons. The minimum atomic E-state index is -3.34. The molecule has 1 heterocycles. The van der Waals surface area contributed by atoms with Crippen molar-refractivity contribution in [2.45, 2.75) is 0 Å². The smallest absolute Gasteiger partial charge is 0.229 e. The molecule has 0 saturated carbocycles. The van der Waals surface area contributed by atoms with Crippen LogP contribution in [-0.2, 0) is 10.0 Å². The normalized spacial score (nSPS) is 11.5. The fraction of sp³-hybridized carbons (Fsp3) is 0.200. The molecule has 6 nitrogen and oxygen atoms in total. The van der Waals surface area contributed by atoms with Gasteiger partial charge in [-0.15, -0.1) is 0 Å². The van der Waals surface area contributed by atoms with Crippen LogP contribution in [0.25, 0.3) is 6.08 Å². The highest BCUT2D eigenvalue weighted by Crippen LogP contribution is 2.28. The van der Waals surface area contributed by atoms with Gasteiger partial charge in [-0.25, -0.2) is 8.42 Å². The number of nitrogens with one attached hydrogen (secondary N) is 2. The molecule has 0 atom stereocenters. The van der Waals surface area contributed by atoms with Crippen molar-refractivity contribution >= 4 is 27.5 Å². The average molecular weight is 322 g/mol. The van der Waals surface area contributed by atoms with Crippen LogP contribution in [0.3, 0.4) is 0 Å². The molecule has 0 unspecified atom stereocenters. The predicted octanol–water partition coefficient (Wildman–Crippen LogP) is 2.79. The summed E-state index contributed by atoms with van der Waals surface area (Å²) in [7, 11) is -1.85. The van der Waals surface area contributed by atoms with Crippen LogP contribution in [0.1, 0.15) is 5.76 Å². The minimum Gasteiger partial charge on any atom is -0.494 e.